The minimum absolute atomic E-state index is 0.507. The topological polar surface area (TPSA) is 20.2 Å². The highest BCUT2D eigenvalue weighted by atomic mass is 19.4. The molecule has 0 aromatic rings. The van der Waals surface area contributed by atoms with Crippen LogP contribution in [0.15, 0.2) is 36.6 Å². The molecule has 0 aliphatic carbocycles. The fraction of sp³-hybridized carbons (Fsp3) is 0.143. The van der Waals surface area contributed by atoms with Crippen molar-refractivity contribution < 1.29 is 18.3 Å². The van der Waals surface area contributed by atoms with E-state index in [1.54, 1.807) is 0 Å². The van der Waals surface area contributed by atoms with Gasteiger partial charge in [0.25, 0.3) is 0 Å². The standard InChI is InChI=1S/C7H7F3O/c1-3-6(4-5(2)11)7(8,9)10/h3-4,11H,1-2H2/b6-4+. The van der Waals surface area contributed by atoms with Gasteiger partial charge in [0.15, 0.2) is 0 Å². The molecule has 0 amide bonds. The highest BCUT2D eigenvalue weighted by Gasteiger charge is 2.31. The van der Waals surface area contributed by atoms with Crippen molar-refractivity contribution in [3.63, 3.8) is 0 Å². The van der Waals surface area contributed by atoms with Gasteiger partial charge in [-0.25, -0.2) is 0 Å². The maximum atomic E-state index is 11.8. The summed E-state index contributed by atoms with van der Waals surface area (Å²) in [4.78, 5) is 0. The van der Waals surface area contributed by atoms with E-state index in [0.29, 0.717) is 12.2 Å². The molecule has 0 fully saturated rings. The summed E-state index contributed by atoms with van der Waals surface area (Å²) in [5, 5.41) is 8.40. The van der Waals surface area contributed by atoms with Gasteiger partial charge in [0.1, 0.15) is 5.76 Å². The molecule has 4 heteroatoms. The molecule has 0 spiro atoms. The lowest BCUT2D eigenvalue weighted by Crippen LogP contribution is -2.09. The maximum Gasteiger partial charge on any atom is 0.416 e. The molecule has 0 atom stereocenters. The third-order valence-electron chi connectivity index (χ3n) is 0.869. The summed E-state index contributed by atoms with van der Waals surface area (Å²) in [6.07, 6.45) is -3.36. The van der Waals surface area contributed by atoms with E-state index in [-0.39, 0.29) is 0 Å². The summed E-state index contributed by atoms with van der Waals surface area (Å²) in [6.45, 7) is 5.83. The summed E-state index contributed by atoms with van der Waals surface area (Å²) >= 11 is 0. The van der Waals surface area contributed by atoms with E-state index < -0.39 is 17.5 Å². The molecular weight excluding hydrogens is 157 g/mol. The summed E-state index contributed by atoms with van der Waals surface area (Å²) in [5.74, 6) is -0.641. The largest absolute Gasteiger partial charge is 0.509 e. The molecule has 1 N–H and O–H groups in total. The lowest BCUT2D eigenvalue weighted by Gasteiger charge is -2.05. The Morgan fingerprint density at radius 3 is 1.91 bits per heavy atom. The van der Waals surface area contributed by atoms with Gasteiger partial charge in [-0.15, -0.1) is 0 Å². The average molecular weight is 164 g/mol. The second-order valence-electron chi connectivity index (χ2n) is 1.79. The normalized spacial score (nSPS) is 12.8. The maximum absolute atomic E-state index is 11.8. The van der Waals surface area contributed by atoms with Crippen LogP contribution >= 0.6 is 0 Å². The first-order chi connectivity index (χ1) is 4.88. The lowest BCUT2D eigenvalue weighted by atomic mass is 10.2. The van der Waals surface area contributed by atoms with Crippen LogP contribution in [0, 0.1) is 0 Å². The lowest BCUT2D eigenvalue weighted by molar-refractivity contribution is -0.0883. The smallest absolute Gasteiger partial charge is 0.416 e. The molecule has 11 heavy (non-hydrogen) atoms. The molecule has 0 bridgehead atoms. The van der Waals surface area contributed by atoms with Crippen molar-refractivity contribution in [3.05, 3.63) is 36.6 Å². The van der Waals surface area contributed by atoms with E-state index in [1.165, 1.54) is 0 Å². The molecule has 62 valence electrons. The quantitative estimate of drug-likeness (QED) is 0.491. The Balaban J connectivity index is 4.68. The summed E-state index contributed by atoms with van der Waals surface area (Å²) in [6, 6.07) is 0. The first-order valence-corrected chi connectivity index (χ1v) is 2.67. The number of halogens is 3. The first kappa shape index (κ1) is 9.81. The molecule has 0 aliphatic rings. The number of hydrogen-bond acceptors (Lipinski definition) is 1. The minimum Gasteiger partial charge on any atom is -0.509 e. The van der Waals surface area contributed by atoms with Crippen molar-refractivity contribution in [2.45, 2.75) is 6.18 Å². The van der Waals surface area contributed by atoms with Crippen LogP contribution in [0.1, 0.15) is 0 Å². The minimum atomic E-state index is -4.48. The van der Waals surface area contributed by atoms with Crippen LogP contribution in [0.25, 0.3) is 0 Å². The van der Waals surface area contributed by atoms with Gasteiger partial charge in [0, 0.05) is 0 Å². The van der Waals surface area contributed by atoms with Gasteiger partial charge in [-0.3, -0.25) is 0 Å². The van der Waals surface area contributed by atoms with Crippen LogP contribution in [0.3, 0.4) is 0 Å². The van der Waals surface area contributed by atoms with Crippen LogP contribution in [0.5, 0.6) is 0 Å². The molecule has 0 saturated carbocycles. The van der Waals surface area contributed by atoms with Gasteiger partial charge >= 0.3 is 6.18 Å². The van der Waals surface area contributed by atoms with E-state index in [0.717, 1.165) is 0 Å². The van der Waals surface area contributed by atoms with E-state index in [2.05, 4.69) is 13.2 Å². The van der Waals surface area contributed by atoms with E-state index >= 15 is 0 Å². The van der Waals surface area contributed by atoms with Gasteiger partial charge in [-0.1, -0.05) is 19.2 Å². The fourth-order valence-corrected chi connectivity index (χ4v) is 0.436. The Kier molecular flexibility index (Phi) is 2.92. The van der Waals surface area contributed by atoms with Gasteiger partial charge in [0.05, 0.1) is 5.57 Å². The second-order valence-corrected chi connectivity index (χ2v) is 1.79. The molecule has 0 aromatic heterocycles. The number of allylic oxidation sites excluding steroid dienone is 3. The van der Waals surface area contributed by atoms with Crippen LogP contribution in [0.4, 0.5) is 13.2 Å². The number of aliphatic hydroxyl groups is 1. The highest BCUT2D eigenvalue weighted by Crippen LogP contribution is 2.26. The Hall–Kier alpha value is -1.19. The third kappa shape index (κ3) is 3.50. The number of alkyl halides is 3. The van der Waals surface area contributed by atoms with Crippen LogP contribution in [-0.4, -0.2) is 11.3 Å². The summed E-state index contributed by atoms with van der Waals surface area (Å²) in [5.41, 5.74) is -1.01. The first-order valence-electron chi connectivity index (χ1n) is 2.67. The second kappa shape index (κ2) is 3.27. The molecule has 1 nitrogen and oxygen atoms in total. The Morgan fingerprint density at radius 1 is 1.36 bits per heavy atom. The van der Waals surface area contributed by atoms with Crippen LogP contribution in [0.2, 0.25) is 0 Å². The number of rotatable bonds is 2. The Labute approximate surface area is 62.2 Å². The van der Waals surface area contributed by atoms with Crippen LogP contribution in [-0.2, 0) is 0 Å². The highest BCUT2D eigenvalue weighted by molar-refractivity contribution is 5.27. The average Bonchev–Trinajstić information content (AvgIpc) is 1.79. The fourth-order valence-electron chi connectivity index (χ4n) is 0.436. The zero-order valence-corrected chi connectivity index (χ0v) is 5.65. The number of hydrogen-bond donors (Lipinski definition) is 1. The Bertz CT molecular complexity index is 200. The predicted molar refractivity (Wildman–Crippen MR) is 36.1 cm³/mol. The molecule has 0 aliphatic heterocycles. The molecule has 0 saturated heterocycles. The zero-order chi connectivity index (χ0) is 9.07. The molecule has 0 rings (SSSR count). The van der Waals surface area contributed by atoms with Gasteiger partial charge < -0.3 is 5.11 Å². The van der Waals surface area contributed by atoms with Crippen molar-refractivity contribution in [2.24, 2.45) is 0 Å². The van der Waals surface area contributed by atoms with Crippen LogP contribution < -0.4 is 0 Å². The van der Waals surface area contributed by atoms with E-state index in [1.807, 2.05) is 0 Å². The molecule has 0 aromatic carbocycles. The molecule has 0 unspecified atom stereocenters. The van der Waals surface area contributed by atoms with Gasteiger partial charge in [0.2, 0.25) is 0 Å². The third-order valence-corrected chi connectivity index (χ3v) is 0.869. The SMILES string of the molecule is C=C/C(=C\C(=C)O)C(F)(F)F. The summed E-state index contributed by atoms with van der Waals surface area (Å²) in [7, 11) is 0. The molecular formula is C7H7F3O. The van der Waals surface area contributed by atoms with Crippen molar-refractivity contribution >= 4 is 0 Å². The predicted octanol–water partition coefficient (Wildman–Crippen LogP) is 2.73. The van der Waals surface area contributed by atoms with Crippen molar-refractivity contribution in [1.82, 2.24) is 0 Å². The summed E-state index contributed by atoms with van der Waals surface area (Å²) < 4.78 is 35.4. The van der Waals surface area contributed by atoms with Gasteiger partial charge in [-0.2, -0.15) is 13.2 Å². The van der Waals surface area contributed by atoms with Gasteiger partial charge in [-0.05, 0) is 6.08 Å². The van der Waals surface area contributed by atoms with E-state index in [9.17, 15) is 13.2 Å². The zero-order valence-electron chi connectivity index (χ0n) is 5.65. The van der Waals surface area contributed by atoms with Crippen molar-refractivity contribution in [1.29, 1.82) is 0 Å². The number of aliphatic hydroxyl groups excluding tert-OH is 1. The molecule has 0 radical (unpaired) electrons. The van der Waals surface area contributed by atoms with Crippen molar-refractivity contribution in [2.75, 3.05) is 0 Å². The molecule has 0 heterocycles. The van der Waals surface area contributed by atoms with E-state index in [4.69, 9.17) is 5.11 Å². The Morgan fingerprint density at radius 2 is 1.82 bits per heavy atom. The monoisotopic (exact) mass is 164 g/mol. The van der Waals surface area contributed by atoms with Crippen molar-refractivity contribution in [3.8, 4) is 0 Å².